The quantitative estimate of drug-likeness (QED) is 0.410. The molecule has 4 aromatic rings. The molecule has 0 atom stereocenters. The molecule has 8 nitrogen and oxygen atoms in total. The van der Waals surface area contributed by atoms with E-state index in [1.165, 1.54) is 40.0 Å². The van der Waals surface area contributed by atoms with Gasteiger partial charge in [0.05, 0.1) is 24.3 Å². The van der Waals surface area contributed by atoms with E-state index < -0.39 is 0 Å². The molecule has 0 saturated carbocycles. The summed E-state index contributed by atoms with van der Waals surface area (Å²) in [5.41, 5.74) is 0.761. The zero-order chi connectivity index (χ0) is 23.4. The first kappa shape index (κ1) is 22.8. The second-order valence-electron chi connectivity index (χ2n) is 7.13. The van der Waals surface area contributed by atoms with Crippen molar-refractivity contribution in [1.82, 2.24) is 24.6 Å². The summed E-state index contributed by atoms with van der Waals surface area (Å²) >= 11 is 11.8. The molecular weight excluding hydrogens is 472 g/mol. The Labute approximate surface area is 197 Å². The summed E-state index contributed by atoms with van der Waals surface area (Å²) in [5, 5.41) is 8.02. The number of hydrogen-bond acceptors (Lipinski definition) is 5. The van der Waals surface area contributed by atoms with Gasteiger partial charge in [-0.1, -0.05) is 35.3 Å². The molecular formula is C22H18Cl2FN5O3. The highest BCUT2D eigenvalue weighted by Gasteiger charge is 2.12. The monoisotopic (exact) mass is 489 g/mol. The molecule has 0 aliphatic carbocycles. The highest BCUT2D eigenvalue weighted by atomic mass is 35.5. The largest absolute Gasteiger partial charge is 0.482 e. The lowest BCUT2D eigenvalue weighted by Crippen LogP contribution is -2.32. The Bertz CT molecular complexity index is 1370. The van der Waals surface area contributed by atoms with E-state index in [0.29, 0.717) is 38.9 Å². The van der Waals surface area contributed by atoms with Crippen LogP contribution in [0.15, 0.2) is 59.8 Å². The molecule has 2 aromatic heterocycles. The number of nitrogens with one attached hydrogen (secondary N) is 1. The van der Waals surface area contributed by atoms with Crippen LogP contribution in [0, 0.1) is 5.82 Å². The maximum absolute atomic E-state index is 13.4. The predicted molar refractivity (Wildman–Crippen MR) is 122 cm³/mol. The van der Waals surface area contributed by atoms with Crippen LogP contribution in [0.2, 0.25) is 10.0 Å². The van der Waals surface area contributed by atoms with Crippen molar-refractivity contribution in [2.75, 3.05) is 13.2 Å². The number of rotatable bonds is 8. The fraction of sp³-hybridized carbons (Fsp3) is 0.182. The van der Waals surface area contributed by atoms with Crippen molar-refractivity contribution in [2.45, 2.75) is 13.1 Å². The van der Waals surface area contributed by atoms with E-state index in [-0.39, 0.29) is 37.0 Å². The van der Waals surface area contributed by atoms with Crippen LogP contribution >= 0.6 is 23.2 Å². The Hall–Kier alpha value is -3.43. The van der Waals surface area contributed by atoms with Crippen LogP contribution in [0.3, 0.4) is 0 Å². The van der Waals surface area contributed by atoms with Crippen LogP contribution in [0.5, 0.6) is 5.75 Å². The van der Waals surface area contributed by atoms with Gasteiger partial charge >= 0.3 is 0 Å². The summed E-state index contributed by atoms with van der Waals surface area (Å²) in [6.45, 7) is 0.529. The first-order valence-corrected chi connectivity index (χ1v) is 10.7. The molecule has 0 unspecified atom stereocenters. The van der Waals surface area contributed by atoms with Gasteiger partial charge in [0.15, 0.2) is 12.3 Å². The molecule has 0 aliphatic rings. The molecule has 0 aliphatic heterocycles. The summed E-state index contributed by atoms with van der Waals surface area (Å²) in [6.07, 6.45) is 2.83. The number of fused-ring (bicyclic) bond motifs is 1. The van der Waals surface area contributed by atoms with Crippen LogP contribution in [0.4, 0.5) is 4.39 Å². The standard InChI is InChI=1S/C22H18Cl2FN5O3/c23-15-4-5-19(18(24)9-15)33-12-20(31)26-6-7-30-21-17(10-28-30)22(32)29(13-27-21)11-14-2-1-3-16(25)8-14/h1-5,8-10,13H,6-7,11-12H2,(H,26,31). The predicted octanol–water partition coefficient (Wildman–Crippen LogP) is 3.28. The second kappa shape index (κ2) is 10.0. The van der Waals surface area contributed by atoms with Crippen molar-refractivity contribution < 1.29 is 13.9 Å². The zero-order valence-electron chi connectivity index (χ0n) is 17.2. The molecule has 4 rings (SSSR count). The molecule has 2 aromatic carbocycles. The molecule has 1 N–H and O–H groups in total. The maximum Gasteiger partial charge on any atom is 0.264 e. The Morgan fingerprint density at radius 1 is 1.18 bits per heavy atom. The van der Waals surface area contributed by atoms with Crippen LogP contribution in [-0.2, 0) is 17.9 Å². The van der Waals surface area contributed by atoms with E-state index in [1.54, 1.807) is 24.3 Å². The minimum atomic E-state index is -0.369. The van der Waals surface area contributed by atoms with Gasteiger partial charge in [0.2, 0.25) is 0 Å². The van der Waals surface area contributed by atoms with Gasteiger partial charge in [0, 0.05) is 11.6 Å². The number of amides is 1. The first-order chi connectivity index (χ1) is 15.9. The fourth-order valence-corrected chi connectivity index (χ4v) is 3.66. The van der Waals surface area contributed by atoms with E-state index >= 15 is 0 Å². The number of carbonyl (C=O) groups is 1. The Morgan fingerprint density at radius 2 is 2.03 bits per heavy atom. The number of carbonyl (C=O) groups excluding carboxylic acids is 1. The number of hydrogen-bond donors (Lipinski definition) is 1. The number of nitrogens with zero attached hydrogens (tertiary/aromatic N) is 4. The highest BCUT2D eigenvalue weighted by molar-refractivity contribution is 6.35. The van der Waals surface area contributed by atoms with Gasteiger partial charge < -0.3 is 10.1 Å². The summed E-state index contributed by atoms with van der Waals surface area (Å²) in [6, 6.07) is 10.8. The first-order valence-electron chi connectivity index (χ1n) is 9.90. The Balaban J connectivity index is 1.35. The fourth-order valence-electron chi connectivity index (χ4n) is 3.19. The van der Waals surface area contributed by atoms with Crippen LogP contribution < -0.4 is 15.6 Å². The van der Waals surface area contributed by atoms with Gasteiger partial charge in [0.1, 0.15) is 23.3 Å². The molecule has 33 heavy (non-hydrogen) atoms. The lowest BCUT2D eigenvalue weighted by Gasteiger charge is -2.09. The van der Waals surface area contributed by atoms with Crippen LogP contribution in [0.25, 0.3) is 11.0 Å². The van der Waals surface area contributed by atoms with Crippen molar-refractivity contribution in [3.05, 3.63) is 86.8 Å². The minimum absolute atomic E-state index is 0.193. The van der Waals surface area contributed by atoms with Crippen molar-refractivity contribution in [1.29, 1.82) is 0 Å². The third kappa shape index (κ3) is 5.50. The van der Waals surface area contributed by atoms with Crippen molar-refractivity contribution >= 4 is 40.1 Å². The molecule has 1 amide bonds. The van der Waals surface area contributed by atoms with Gasteiger partial charge in [-0.05, 0) is 35.9 Å². The van der Waals surface area contributed by atoms with Crippen molar-refractivity contribution in [3.63, 3.8) is 0 Å². The number of benzene rings is 2. The maximum atomic E-state index is 13.4. The van der Waals surface area contributed by atoms with Crippen LogP contribution in [-0.4, -0.2) is 38.4 Å². The second-order valence-corrected chi connectivity index (χ2v) is 7.97. The molecule has 0 bridgehead atoms. The van der Waals surface area contributed by atoms with Crippen molar-refractivity contribution in [3.8, 4) is 5.75 Å². The Kier molecular flexibility index (Phi) is 6.90. The SMILES string of the molecule is O=C(COc1ccc(Cl)cc1Cl)NCCn1ncc2c(=O)n(Cc3cccc(F)c3)cnc21. The summed E-state index contributed by atoms with van der Waals surface area (Å²) in [5.74, 6) is -0.359. The third-order valence-electron chi connectivity index (χ3n) is 4.76. The van der Waals surface area contributed by atoms with E-state index in [0.717, 1.165) is 0 Å². The van der Waals surface area contributed by atoms with Gasteiger partial charge in [0.25, 0.3) is 11.5 Å². The van der Waals surface area contributed by atoms with Gasteiger partial charge in [-0.2, -0.15) is 5.10 Å². The summed E-state index contributed by atoms with van der Waals surface area (Å²) < 4.78 is 21.7. The topological polar surface area (TPSA) is 91.0 Å². The number of aromatic nitrogens is 4. The zero-order valence-corrected chi connectivity index (χ0v) is 18.7. The summed E-state index contributed by atoms with van der Waals surface area (Å²) in [7, 11) is 0. The molecule has 0 fully saturated rings. The minimum Gasteiger partial charge on any atom is -0.482 e. The normalized spacial score (nSPS) is 11.0. The number of ether oxygens (including phenoxy) is 1. The number of halogens is 3. The third-order valence-corrected chi connectivity index (χ3v) is 5.29. The summed E-state index contributed by atoms with van der Waals surface area (Å²) in [4.78, 5) is 29.1. The molecule has 0 radical (unpaired) electrons. The Morgan fingerprint density at radius 3 is 2.82 bits per heavy atom. The van der Waals surface area contributed by atoms with E-state index in [2.05, 4.69) is 15.4 Å². The molecule has 2 heterocycles. The lowest BCUT2D eigenvalue weighted by molar-refractivity contribution is -0.123. The smallest absolute Gasteiger partial charge is 0.264 e. The highest BCUT2D eigenvalue weighted by Crippen LogP contribution is 2.27. The van der Waals surface area contributed by atoms with Gasteiger partial charge in [-0.3, -0.25) is 14.2 Å². The van der Waals surface area contributed by atoms with E-state index in [1.807, 2.05) is 0 Å². The van der Waals surface area contributed by atoms with Crippen LogP contribution in [0.1, 0.15) is 5.56 Å². The van der Waals surface area contributed by atoms with Gasteiger partial charge in [-0.15, -0.1) is 0 Å². The average molecular weight is 490 g/mol. The molecule has 0 saturated heterocycles. The molecule has 170 valence electrons. The van der Waals surface area contributed by atoms with E-state index in [9.17, 15) is 14.0 Å². The van der Waals surface area contributed by atoms with E-state index in [4.69, 9.17) is 27.9 Å². The van der Waals surface area contributed by atoms with Gasteiger partial charge in [-0.25, -0.2) is 14.1 Å². The lowest BCUT2D eigenvalue weighted by atomic mass is 10.2. The average Bonchev–Trinajstić information content (AvgIpc) is 3.19. The molecule has 11 heteroatoms. The molecule has 0 spiro atoms. The van der Waals surface area contributed by atoms with Crippen molar-refractivity contribution in [2.24, 2.45) is 0 Å².